The lowest BCUT2D eigenvalue weighted by Gasteiger charge is -2.06. The second kappa shape index (κ2) is 7.52. The molecule has 8 heteroatoms. The van der Waals surface area contributed by atoms with E-state index >= 15 is 0 Å². The van der Waals surface area contributed by atoms with Crippen LogP contribution in [0.3, 0.4) is 0 Å². The first-order valence-electron chi connectivity index (χ1n) is 7.32. The van der Waals surface area contributed by atoms with Gasteiger partial charge in [-0.25, -0.2) is 9.18 Å². The van der Waals surface area contributed by atoms with E-state index in [-0.39, 0.29) is 15.5 Å². The molecule has 0 aliphatic rings. The third kappa shape index (κ3) is 3.82. The lowest BCUT2D eigenvalue weighted by atomic mass is 10.2. The van der Waals surface area contributed by atoms with Crippen molar-refractivity contribution in [3.8, 4) is 6.07 Å². The number of nitriles is 1. The normalized spacial score (nSPS) is 10.3. The monoisotopic (exact) mass is 388 g/mol. The molecule has 0 bridgehead atoms. The van der Waals surface area contributed by atoms with E-state index in [1.807, 2.05) is 6.07 Å². The molecular formula is C18H10ClFN2O3S. The summed E-state index contributed by atoms with van der Waals surface area (Å²) in [6.07, 6.45) is 0. The van der Waals surface area contributed by atoms with Crippen LogP contribution in [0.25, 0.3) is 10.1 Å². The van der Waals surface area contributed by atoms with Crippen LogP contribution < -0.4 is 5.32 Å². The van der Waals surface area contributed by atoms with Crippen molar-refractivity contribution in [3.63, 3.8) is 0 Å². The van der Waals surface area contributed by atoms with Crippen molar-refractivity contribution in [2.24, 2.45) is 0 Å². The molecule has 26 heavy (non-hydrogen) atoms. The van der Waals surface area contributed by atoms with Gasteiger partial charge in [0.15, 0.2) is 6.61 Å². The van der Waals surface area contributed by atoms with E-state index in [2.05, 4.69) is 5.32 Å². The fraction of sp³-hybridized carbons (Fsp3) is 0.0556. The van der Waals surface area contributed by atoms with Crippen molar-refractivity contribution in [2.75, 3.05) is 11.9 Å². The summed E-state index contributed by atoms with van der Waals surface area (Å²) in [5.41, 5.74) is 0.659. The minimum absolute atomic E-state index is 0.203. The highest BCUT2D eigenvalue weighted by atomic mass is 35.5. The van der Waals surface area contributed by atoms with Gasteiger partial charge in [0, 0.05) is 15.8 Å². The van der Waals surface area contributed by atoms with E-state index in [1.54, 1.807) is 12.1 Å². The molecule has 0 unspecified atom stereocenters. The highest BCUT2D eigenvalue weighted by Gasteiger charge is 2.15. The van der Waals surface area contributed by atoms with Gasteiger partial charge in [0.1, 0.15) is 16.8 Å². The van der Waals surface area contributed by atoms with Crippen molar-refractivity contribution in [3.05, 3.63) is 63.7 Å². The minimum atomic E-state index is -0.710. The molecule has 130 valence electrons. The number of carbonyl (C=O) groups is 2. The summed E-state index contributed by atoms with van der Waals surface area (Å²) in [6.45, 7) is -0.507. The van der Waals surface area contributed by atoms with Gasteiger partial charge in [-0.3, -0.25) is 4.79 Å². The van der Waals surface area contributed by atoms with E-state index in [0.29, 0.717) is 15.8 Å². The second-order valence-electron chi connectivity index (χ2n) is 5.19. The van der Waals surface area contributed by atoms with Gasteiger partial charge in [-0.2, -0.15) is 5.26 Å². The Morgan fingerprint density at radius 3 is 2.77 bits per heavy atom. The number of hydrogen-bond donors (Lipinski definition) is 1. The largest absolute Gasteiger partial charge is 0.451 e. The van der Waals surface area contributed by atoms with E-state index in [0.717, 1.165) is 11.3 Å². The van der Waals surface area contributed by atoms with Crippen molar-refractivity contribution >= 4 is 50.6 Å². The predicted octanol–water partition coefficient (Wildman–Crippen LogP) is 4.36. The van der Waals surface area contributed by atoms with Gasteiger partial charge in [-0.15, -0.1) is 11.3 Å². The molecule has 2 aromatic carbocycles. The van der Waals surface area contributed by atoms with Gasteiger partial charge in [-0.1, -0.05) is 17.7 Å². The summed E-state index contributed by atoms with van der Waals surface area (Å²) < 4.78 is 19.2. The van der Waals surface area contributed by atoms with E-state index in [1.165, 1.54) is 30.3 Å². The SMILES string of the molecule is N#Cc1ccc(NC(=O)COC(=O)c2cc3c(F)cccc3s2)cc1Cl. The number of rotatable bonds is 4. The molecule has 0 fully saturated rings. The number of nitrogens with zero attached hydrogens (tertiary/aromatic N) is 1. The molecule has 5 nitrogen and oxygen atoms in total. The lowest BCUT2D eigenvalue weighted by molar-refractivity contribution is -0.119. The Morgan fingerprint density at radius 2 is 2.08 bits per heavy atom. The first kappa shape index (κ1) is 17.9. The number of anilines is 1. The van der Waals surface area contributed by atoms with Crippen LogP contribution in [-0.4, -0.2) is 18.5 Å². The molecule has 1 aromatic heterocycles. The van der Waals surface area contributed by atoms with Crippen LogP contribution in [0.15, 0.2) is 42.5 Å². The number of benzene rings is 2. The summed E-state index contributed by atoms with van der Waals surface area (Å²) in [5, 5.41) is 11.9. The molecule has 0 radical (unpaired) electrons. The van der Waals surface area contributed by atoms with Crippen LogP contribution in [0.1, 0.15) is 15.2 Å². The second-order valence-corrected chi connectivity index (χ2v) is 6.68. The van der Waals surface area contributed by atoms with Crippen molar-refractivity contribution < 1.29 is 18.7 Å². The Kier molecular flexibility index (Phi) is 5.16. The van der Waals surface area contributed by atoms with Crippen molar-refractivity contribution in [1.82, 2.24) is 0 Å². The maximum atomic E-state index is 13.7. The Balaban J connectivity index is 1.61. The lowest BCUT2D eigenvalue weighted by Crippen LogP contribution is -2.20. The number of thiophene rings is 1. The zero-order valence-corrected chi connectivity index (χ0v) is 14.7. The van der Waals surface area contributed by atoms with Gasteiger partial charge in [0.2, 0.25) is 0 Å². The molecule has 0 aliphatic heterocycles. The molecule has 0 spiro atoms. The number of esters is 1. The van der Waals surface area contributed by atoms with E-state index in [4.69, 9.17) is 21.6 Å². The third-order valence-electron chi connectivity index (χ3n) is 3.42. The van der Waals surface area contributed by atoms with Crippen LogP contribution in [0, 0.1) is 17.1 Å². The average Bonchev–Trinajstić information content (AvgIpc) is 3.06. The highest BCUT2D eigenvalue weighted by molar-refractivity contribution is 7.20. The zero-order chi connectivity index (χ0) is 18.7. The first-order valence-corrected chi connectivity index (χ1v) is 8.52. The highest BCUT2D eigenvalue weighted by Crippen LogP contribution is 2.28. The van der Waals surface area contributed by atoms with Crippen LogP contribution in [0.2, 0.25) is 5.02 Å². The molecule has 0 atom stereocenters. The van der Waals surface area contributed by atoms with Gasteiger partial charge < -0.3 is 10.1 Å². The smallest absolute Gasteiger partial charge is 0.348 e. The topological polar surface area (TPSA) is 79.2 Å². The van der Waals surface area contributed by atoms with E-state index in [9.17, 15) is 14.0 Å². The molecule has 0 saturated heterocycles. The predicted molar refractivity (Wildman–Crippen MR) is 96.9 cm³/mol. The molecule has 3 aromatic rings. The molecule has 1 N–H and O–H groups in total. The fourth-order valence-corrected chi connectivity index (χ4v) is 3.40. The summed E-state index contributed by atoms with van der Waals surface area (Å²) in [5.74, 6) is -1.70. The molecule has 0 aliphatic carbocycles. The maximum absolute atomic E-state index is 13.7. The molecule has 0 saturated carbocycles. The van der Waals surface area contributed by atoms with Gasteiger partial charge in [0.05, 0.1) is 10.6 Å². The standard InChI is InChI=1S/C18H10ClFN2O3S/c19-13-6-11(5-4-10(13)8-21)22-17(23)9-25-18(24)16-7-12-14(20)2-1-3-15(12)26-16/h1-7H,9H2,(H,22,23). The Morgan fingerprint density at radius 1 is 1.27 bits per heavy atom. The average molecular weight is 389 g/mol. The Bertz CT molecular complexity index is 1060. The van der Waals surface area contributed by atoms with Gasteiger partial charge >= 0.3 is 5.97 Å². The van der Waals surface area contributed by atoms with Crippen molar-refractivity contribution in [2.45, 2.75) is 0 Å². The van der Waals surface area contributed by atoms with Crippen LogP contribution >= 0.6 is 22.9 Å². The summed E-state index contributed by atoms with van der Waals surface area (Å²) in [7, 11) is 0. The first-order chi connectivity index (χ1) is 12.5. The Labute approximate surface area is 156 Å². The van der Waals surface area contributed by atoms with E-state index < -0.39 is 24.3 Å². The number of hydrogen-bond acceptors (Lipinski definition) is 5. The molecular weight excluding hydrogens is 379 g/mol. The van der Waals surface area contributed by atoms with Gasteiger partial charge in [-0.05, 0) is 36.4 Å². The summed E-state index contributed by atoms with van der Waals surface area (Å²) in [6, 6.07) is 12.3. The fourth-order valence-electron chi connectivity index (χ4n) is 2.21. The minimum Gasteiger partial charge on any atom is -0.451 e. The number of nitrogens with one attached hydrogen (secondary N) is 1. The number of fused-ring (bicyclic) bond motifs is 1. The number of carbonyl (C=O) groups excluding carboxylic acids is 2. The van der Waals surface area contributed by atoms with Crippen LogP contribution in [-0.2, 0) is 9.53 Å². The van der Waals surface area contributed by atoms with Crippen LogP contribution in [0.5, 0.6) is 0 Å². The summed E-state index contributed by atoms with van der Waals surface area (Å²) in [4.78, 5) is 24.1. The zero-order valence-electron chi connectivity index (χ0n) is 13.1. The Hall–Kier alpha value is -2.95. The van der Waals surface area contributed by atoms with Crippen LogP contribution in [0.4, 0.5) is 10.1 Å². The quantitative estimate of drug-likeness (QED) is 0.673. The third-order valence-corrected chi connectivity index (χ3v) is 4.81. The number of amides is 1. The number of ether oxygens (including phenoxy) is 1. The molecule has 1 amide bonds. The van der Waals surface area contributed by atoms with Crippen molar-refractivity contribution in [1.29, 1.82) is 5.26 Å². The molecule has 1 heterocycles. The maximum Gasteiger partial charge on any atom is 0.348 e. The summed E-state index contributed by atoms with van der Waals surface area (Å²) >= 11 is 6.97. The molecule has 3 rings (SSSR count). The number of halogens is 2. The van der Waals surface area contributed by atoms with Gasteiger partial charge in [0.25, 0.3) is 5.91 Å².